The summed E-state index contributed by atoms with van der Waals surface area (Å²) in [5.41, 5.74) is 0.736. The maximum atomic E-state index is 11.2. The van der Waals surface area contributed by atoms with E-state index >= 15 is 0 Å². The molecule has 1 unspecified atom stereocenters. The number of hydrogen-bond donors (Lipinski definition) is 0. The van der Waals surface area contributed by atoms with Crippen LogP contribution >= 0.6 is 0 Å². The van der Waals surface area contributed by atoms with Crippen LogP contribution in [0.5, 0.6) is 5.75 Å². The predicted molar refractivity (Wildman–Crippen MR) is 81.4 cm³/mol. The van der Waals surface area contributed by atoms with Crippen LogP contribution in [0.1, 0.15) is 49.9 Å². The van der Waals surface area contributed by atoms with Gasteiger partial charge in [-0.3, -0.25) is 4.79 Å². The summed E-state index contributed by atoms with van der Waals surface area (Å²) in [4.78, 5) is 13.7. The van der Waals surface area contributed by atoms with E-state index in [1.165, 1.54) is 25.8 Å². The molecule has 0 saturated carbocycles. The molecule has 1 saturated heterocycles. The SMILES string of the molecule is CC(=O)c1ccc(OCCCN2CCCCC2C)cc1. The van der Waals surface area contributed by atoms with Gasteiger partial charge in [-0.05, 0) is 63.9 Å². The summed E-state index contributed by atoms with van der Waals surface area (Å²) in [5, 5.41) is 0. The van der Waals surface area contributed by atoms with Crippen LogP contribution in [-0.4, -0.2) is 36.4 Å². The van der Waals surface area contributed by atoms with Crippen LogP contribution in [0, 0.1) is 0 Å². The predicted octanol–water partition coefficient (Wildman–Crippen LogP) is 3.53. The standard InChI is InChI=1S/C17H25NO2/c1-14-6-3-4-11-18(14)12-5-13-20-17-9-7-16(8-10-17)15(2)19/h7-10,14H,3-6,11-13H2,1-2H3. The van der Waals surface area contributed by atoms with Gasteiger partial charge in [-0.25, -0.2) is 0 Å². The Hall–Kier alpha value is -1.35. The molecule has 3 heteroatoms. The summed E-state index contributed by atoms with van der Waals surface area (Å²) in [6, 6.07) is 8.12. The van der Waals surface area contributed by atoms with Gasteiger partial charge in [0.2, 0.25) is 0 Å². The molecular formula is C17H25NO2. The van der Waals surface area contributed by atoms with Crippen molar-refractivity contribution in [1.29, 1.82) is 0 Å². The lowest BCUT2D eigenvalue weighted by Gasteiger charge is -2.33. The van der Waals surface area contributed by atoms with Crippen LogP contribution in [0.4, 0.5) is 0 Å². The number of nitrogens with zero attached hydrogens (tertiary/aromatic N) is 1. The smallest absolute Gasteiger partial charge is 0.159 e. The van der Waals surface area contributed by atoms with E-state index in [-0.39, 0.29) is 5.78 Å². The van der Waals surface area contributed by atoms with Crippen molar-refractivity contribution in [2.75, 3.05) is 19.7 Å². The Labute approximate surface area is 121 Å². The minimum atomic E-state index is 0.0932. The molecule has 2 rings (SSSR count). The third-order valence-corrected chi connectivity index (χ3v) is 4.06. The molecule has 0 aliphatic carbocycles. The molecule has 1 aromatic rings. The molecule has 0 amide bonds. The van der Waals surface area contributed by atoms with Gasteiger partial charge in [0.15, 0.2) is 5.78 Å². The number of hydrogen-bond acceptors (Lipinski definition) is 3. The highest BCUT2D eigenvalue weighted by atomic mass is 16.5. The first-order valence-corrected chi connectivity index (χ1v) is 7.64. The molecule has 1 heterocycles. The van der Waals surface area contributed by atoms with Crippen molar-refractivity contribution in [3.63, 3.8) is 0 Å². The van der Waals surface area contributed by atoms with E-state index in [0.717, 1.165) is 36.9 Å². The number of likely N-dealkylation sites (tertiary alicyclic amines) is 1. The Balaban J connectivity index is 1.69. The fourth-order valence-electron chi connectivity index (χ4n) is 2.73. The van der Waals surface area contributed by atoms with Gasteiger partial charge in [0.05, 0.1) is 6.61 Å². The number of ketones is 1. The molecule has 0 bridgehead atoms. The second kappa shape index (κ2) is 7.44. The van der Waals surface area contributed by atoms with Crippen molar-refractivity contribution < 1.29 is 9.53 Å². The van der Waals surface area contributed by atoms with Crippen molar-refractivity contribution in [1.82, 2.24) is 4.90 Å². The van der Waals surface area contributed by atoms with E-state index in [0.29, 0.717) is 0 Å². The van der Waals surface area contributed by atoms with Crippen LogP contribution in [0.2, 0.25) is 0 Å². The molecule has 0 radical (unpaired) electrons. The maximum absolute atomic E-state index is 11.2. The lowest BCUT2D eigenvalue weighted by Crippen LogP contribution is -2.38. The number of rotatable bonds is 6. The lowest BCUT2D eigenvalue weighted by atomic mass is 10.0. The van der Waals surface area contributed by atoms with Crippen LogP contribution < -0.4 is 4.74 Å². The van der Waals surface area contributed by atoms with Gasteiger partial charge in [0, 0.05) is 18.2 Å². The van der Waals surface area contributed by atoms with E-state index < -0.39 is 0 Å². The highest BCUT2D eigenvalue weighted by molar-refractivity contribution is 5.94. The fourth-order valence-corrected chi connectivity index (χ4v) is 2.73. The number of ether oxygens (including phenoxy) is 1. The summed E-state index contributed by atoms with van der Waals surface area (Å²) >= 11 is 0. The Bertz CT molecular complexity index is 427. The van der Waals surface area contributed by atoms with Gasteiger partial charge >= 0.3 is 0 Å². The van der Waals surface area contributed by atoms with E-state index in [9.17, 15) is 4.79 Å². The van der Waals surface area contributed by atoms with Gasteiger partial charge in [0.1, 0.15) is 5.75 Å². The van der Waals surface area contributed by atoms with Crippen molar-refractivity contribution in [3.8, 4) is 5.75 Å². The third kappa shape index (κ3) is 4.34. The van der Waals surface area contributed by atoms with E-state index in [1.54, 1.807) is 6.92 Å². The Morgan fingerprint density at radius 2 is 2.05 bits per heavy atom. The zero-order valence-electron chi connectivity index (χ0n) is 12.6. The molecule has 1 aromatic carbocycles. The van der Waals surface area contributed by atoms with Crippen molar-refractivity contribution >= 4 is 5.78 Å². The molecule has 0 spiro atoms. The quantitative estimate of drug-likeness (QED) is 0.587. The van der Waals surface area contributed by atoms with Crippen LogP contribution in [0.15, 0.2) is 24.3 Å². The van der Waals surface area contributed by atoms with E-state index in [1.807, 2.05) is 24.3 Å². The van der Waals surface area contributed by atoms with Gasteiger partial charge in [-0.15, -0.1) is 0 Å². The molecule has 3 nitrogen and oxygen atoms in total. The first kappa shape index (κ1) is 15.0. The maximum Gasteiger partial charge on any atom is 0.159 e. The molecule has 0 N–H and O–H groups in total. The minimum absolute atomic E-state index is 0.0932. The molecular weight excluding hydrogens is 250 g/mol. The average Bonchev–Trinajstić information content (AvgIpc) is 2.46. The Morgan fingerprint density at radius 3 is 2.70 bits per heavy atom. The van der Waals surface area contributed by atoms with Crippen LogP contribution in [0.3, 0.4) is 0 Å². The molecule has 1 atom stereocenters. The Kier molecular flexibility index (Phi) is 5.60. The second-order valence-corrected chi connectivity index (χ2v) is 5.66. The highest BCUT2D eigenvalue weighted by Crippen LogP contribution is 2.17. The topological polar surface area (TPSA) is 29.5 Å². The summed E-state index contributed by atoms with van der Waals surface area (Å²) in [5.74, 6) is 0.942. The van der Waals surface area contributed by atoms with Gasteiger partial charge < -0.3 is 9.64 Å². The van der Waals surface area contributed by atoms with Gasteiger partial charge in [-0.1, -0.05) is 6.42 Å². The third-order valence-electron chi connectivity index (χ3n) is 4.06. The summed E-state index contributed by atoms with van der Waals surface area (Å²) in [7, 11) is 0. The number of Topliss-reactive ketones (excluding diaryl/α,β-unsaturated/α-hetero) is 1. The summed E-state index contributed by atoms with van der Waals surface area (Å²) in [6.07, 6.45) is 5.08. The zero-order chi connectivity index (χ0) is 14.4. The molecule has 0 aromatic heterocycles. The molecule has 110 valence electrons. The summed E-state index contributed by atoms with van der Waals surface area (Å²) in [6.45, 7) is 6.99. The molecule has 20 heavy (non-hydrogen) atoms. The van der Waals surface area contributed by atoms with E-state index in [4.69, 9.17) is 4.74 Å². The second-order valence-electron chi connectivity index (χ2n) is 5.66. The average molecular weight is 275 g/mol. The molecule has 1 fully saturated rings. The van der Waals surface area contributed by atoms with Crippen molar-refractivity contribution in [2.24, 2.45) is 0 Å². The summed E-state index contributed by atoms with van der Waals surface area (Å²) < 4.78 is 5.73. The van der Waals surface area contributed by atoms with Gasteiger partial charge in [0.25, 0.3) is 0 Å². The Morgan fingerprint density at radius 1 is 1.30 bits per heavy atom. The van der Waals surface area contributed by atoms with Gasteiger partial charge in [-0.2, -0.15) is 0 Å². The van der Waals surface area contributed by atoms with Crippen LogP contribution in [-0.2, 0) is 0 Å². The lowest BCUT2D eigenvalue weighted by molar-refractivity contribution is 0.101. The zero-order valence-corrected chi connectivity index (χ0v) is 12.6. The van der Waals surface area contributed by atoms with Crippen molar-refractivity contribution in [3.05, 3.63) is 29.8 Å². The normalized spacial score (nSPS) is 19.8. The largest absolute Gasteiger partial charge is 0.494 e. The van der Waals surface area contributed by atoms with Crippen LogP contribution in [0.25, 0.3) is 0 Å². The number of carbonyl (C=O) groups is 1. The number of benzene rings is 1. The first-order chi connectivity index (χ1) is 9.66. The highest BCUT2D eigenvalue weighted by Gasteiger charge is 2.17. The van der Waals surface area contributed by atoms with E-state index in [2.05, 4.69) is 11.8 Å². The monoisotopic (exact) mass is 275 g/mol. The molecule has 1 aliphatic heterocycles. The first-order valence-electron chi connectivity index (χ1n) is 7.64. The molecule has 1 aliphatic rings. The number of piperidine rings is 1. The van der Waals surface area contributed by atoms with Crippen molar-refractivity contribution in [2.45, 2.75) is 45.6 Å². The minimum Gasteiger partial charge on any atom is -0.494 e. The fraction of sp³-hybridized carbons (Fsp3) is 0.588. The number of carbonyl (C=O) groups excluding carboxylic acids is 1.